The SMILES string of the molecule is O=C1CCCC[C@H](C2=Cc3nc2c(-c2ccccc2)c2ccc([nH]2)c(-c2ccccc2)c2nc(c(-c4ccccc4)c4ccc([nH]4)c3-c3ccccc3)C=C2)CC[C@]2(CCCCC2=O)O1. The number of nitrogens with one attached hydrogen (secondary N) is 2. The number of fused-ring (bicyclic) bond motifs is 8. The number of hydrogen-bond donors (Lipinski definition) is 2. The summed E-state index contributed by atoms with van der Waals surface area (Å²) in [5.74, 6) is -0.142. The summed E-state index contributed by atoms with van der Waals surface area (Å²) in [6.07, 6.45) is 13.2. The van der Waals surface area contributed by atoms with Crippen LogP contribution in [-0.4, -0.2) is 37.3 Å². The van der Waals surface area contributed by atoms with E-state index in [4.69, 9.17) is 14.7 Å². The van der Waals surface area contributed by atoms with Gasteiger partial charge < -0.3 is 14.7 Å². The number of H-pyrrole nitrogens is 2. The van der Waals surface area contributed by atoms with E-state index in [-0.39, 0.29) is 17.7 Å². The van der Waals surface area contributed by atoms with Gasteiger partial charge in [-0.3, -0.25) is 9.59 Å². The van der Waals surface area contributed by atoms with Crippen LogP contribution in [0.15, 0.2) is 146 Å². The fourth-order valence-electron chi connectivity index (χ4n) is 10.5. The first-order valence-corrected chi connectivity index (χ1v) is 23.2. The Labute approximate surface area is 379 Å². The van der Waals surface area contributed by atoms with Crippen LogP contribution in [0.1, 0.15) is 87.0 Å². The van der Waals surface area contributed by atoms with E-state index in [2.05, 4.69) is 162 Å². The summed E-state index contributed by atoms with van der Waals surface area (Å²) in [5.41, 5.74) is 15.6. The number of ether oxygens (including phenoxy) is 1. The molecule has 3 aliphatic heterocycles. The maximum Gasteiger partial charge on any atom is 0.306 e. The molecule has 11 rings (SSSR count). The van der Waals surface area contributed by atoms with E-state index < -0.39 is 5.60 Å². The molecule has 1 saturated heterocycles. The molecule has 7 nitrogen and oxygen atoms in total. The van der Waals surface area contributed by atoms with Gasteiger partial charge in [-0.2, -0.15) is 0 Å². The van der Waals surface area contributed by atoms with Gasteiger partial charge in [0.1, 0.15) is 0 Å². The van der Waals surface area contributed by atoms with Crippen molar-refractivity contribution in [1.82, 2.24) is 19.9 Å². The van der Waals surface area contributed by atoms with Crippen molar-refractivity contribution in [2.45, 2.75) is 69.8 Å². The Hall–Kier alpha value is -7.38. The minimum absolute atomic E-state index is 0.0391. The van der Waals surface area contributed by atoms with E-state index in [0.29, 0.717) is 38.5 Å². The van der Waals surface area contributed by atoms with Crippen LogP contribution in [0.3, 0.4) is 0 Å². The number of carbonyl (C=O) groups is 2. The predicted molar refractivity (Wildman–Crippen MR) is 263 cm³/mol. The fraction of sp³-hybridized carbons (Fsp3) is 0.207. The number of allylic oxidation sites excluding steroid dienone is 1. The van der Waals surface area contributed by atoms with Gasteiger partial charge in [0.25, 0.3) is 0 Å². The summed E-state index contributed by atoms with van der Waals surface area (Å²) in [5, 5.41) is 0. The summed E-state index contributed by atoms with van der Waals surface area (Å²) in [4.78, 5) is 46.1. The molecular formula is C58H50N4O3. The molecule has 3 aromatic heterocycles. The van der Waals surface area contributed by atoms with Crippen LogP contribution in [0.25, 0.3) is 90.4 Å². The molecule has 8 bridgehead atoms. The number of aromatic amines is 2. The highest BCUT2D eigenvalue weighted by Crippen LogP contribution is 2.46. The third kappa shape index (κ3) is 7.75. The lowest BCUT2D eigenvalue weighted by Gasteiger charge is -2.37. The van der Waals surface area contributed by atoms with Crippen molar-refractivity contribution in [3.05, 3.63) is 168 Å². The van der Waals surface area contributed by atoms with E-state index in [1.807, 2.05) is 12.1 Å². The van der Waals surface area contributed by atoms with Gasteiger partial charge in [-0.15, -0.1) is 0 Å². The van der Waals surface area contributed by atoms with Gasteiger partial charge in [0.05, 0.1) is 22.8 Å². The van der Waals surface area contributed by atoms with Gasteiger partial charge in [-0.1, -0.05) is 128 Å². The second-order valence-corrected chi connectivity index (χ2v) is 17.8. The van der Waals surface area contributed by atoms with Crippen LogP contribution in [-0.2, 0) is 14.3 Å². The average molecular weight is 851 g/mol. The van der Waals surface area contributed by atoms with Gasteiger partial charge in [-0.05, 0) is 121 Å². The molecule has 6 heterocycles. The molecule has 4 aromatic carbocycles. The Morgan fingerprint density at radius 3 is 1.48 bits per heavy atom. The molecule has 0 radical (unpaired) electrons. The quantitative estimate of drug-likeness (QED) is 0.168. The lowest BCUT2D eigenvalue weighted by molar-refractivity contribution is -0.172. The van der Waals surface area contributed by atoms with Crippen molar-refractivity contribution < 1.29 is 14.3 Å². The first-order chi connectivity index (χ1) is 32.0. The topological polar surface area (TPSA) is 101 Å². The molecule has 2 atom stereocenters. The van der Waals surface area contributed by atoms with E-state index in [1.54, 1.807) is 0 Å². The molecule has 0 unspecified atom stereocenters. The molecule has 2 N–H and O–H groups in total. The number of ketones is 1. The van der Waals surface area contributed by atoms with Crippen molar-refractivity contribution >= 4 is 57.6 Å². The molecule has 65 heavy (non-hydrogen) atoms. The van der Waals surface area contributed by atoms with Crippen LogP contribution >= 0.6 is 0 Å². The third-order valence-electron chi connectivity index (χ3n) is 13.7. The zero-order valence-electron chi connectivity index (χ0n) is 36.4. The van der Waals surface area contributed by atoms with Crippen molar-refractivity contribution in [1.29, 1.82) is 0 Å². The Bertz CT molecular complexity index is 3170. The van der Waals surface area contributed by atoms with Crippen LogP contribution in [0.4, 0.5) is 0 Å². The Balaban J connectivity index is 1.25. The second kappa shape index (κ2) is 17.3. The van der Waals surface area contributed by atoms with Gasteiger partial charge in [-0.25, -0.2) is 9.97 Å². The molecule has 1 aliphatic carbocycles. The molecule has 7 aromatic rings. The molecule has 4 aliphatic rings. The normalized spacial score (nSPS) is 18.9. The molecule has 1 saturated carbocycles. The third-order valence-corrected chi connectivity index (χ3v) is 13.7. The number of esters is 1. The van der Waals surface area contributed by atoms with Crippen LogP contribution < -0.4 is 0 Å². The number of Topliss-reactive ketones (excluding diaryl/α,β-unsaturated/α-hetero) is 1. The van der Waals surface area contributed by atoms with Gasteiger partial charge >= 0.3 is 5.97 Å². The zero-order valence-corrected chi connectivity index (χ0v) is 36.4. The summed E-state index contributed by atoms with van der Waals surface area (Å²) in [6.45, 7) is 0. The molecule has 320 valence electrons. The van der Waals surface area contributed by atoms with Gasteiger partial charge in [0, 0.05) is 57.2 Å². The number of benzene rings is 4. The smallest absolute Gasteiger partial charge is 0.306 e. The summed E-state index contributed by atoms with van der Waals surface area (Å²) >= 11 is 0. The number of nitrogens with zero attached hydrogens (tertiary/aromatic N) is 2. The first kappa shape index (κ1) is 40.4. The van der Waals surface area contributed by atoms with E-state index >= 15 is 0 Å². The molecule has 7 heteroatoms. The molecule has 2 fully saturated rings. The maximum absolute atomic E-state index is 13.8. The average Bonchev–Trinajstić information content (AvgIpc) is 4.19. The standard InChI is InChI=1S/C58H50N4O3/c63-51-26-15-16-35-58(51)36-34-38(17-13-14-27-52(64)65-58)43-37-50-55(41-22-9-3-10-23-41)48-31-30-46(60-48)53(39-18-5-1-6-19-39)44-28-29-45(59-44)54(40-20-7-2-8-21-40)47-32-33-49(61-47)56(57(43)62-50)42-24-11-4-12-25-42/h1-12,18-25,28-33,37-38,60-61H,13-17,26-27,34-36H2/t38-,58-/m0/s1. The minimum Gasteiger partial charge on any atom is -0.451 e. The lowest BCUT2D eigenvalue weighted by Crippen LogP contribution is -2.46. The summed E-state index contributed by atoms with van der Waals surface area (Å²) < 4.78 is 6.24. The fourth-order valence-corrected chi connectivity index (χ4v) is 10.5. The molecule has 0 amide bonds. The Morgan fingerprint density at radius 2 is 0.954 bits per heavy atom. The highest BCUT2D eigenvalue weighted by molar-refractivity contribution is 6.02. The number of rotatable bonds is 5. The lowest BCUT2D eigenvalue weighted by atomic mass is 9.76. The number of aromatic nitrogens is 4. The molecule has 1 spiro atoms. The van der Waals surface area contributed by atoms with E-state index in [1.165, 1.54) is 0 Å². The highest BCUT2D eigenvalue weighted by atomic mass is 16.6. The summed E-state index contributed by atoms with van der Waals surface area (Å²) in [6, 6.07) is 50.8. The van der Waals surface area contributed by atoms with Crippen molar-refractivity contribution in [2.24, 2.45) is 5.92 Å². The van der Waals surface area contributed by atoms with Crippen molar-refractivity contribution in [3.63, 3.8) is 0 Å². The number of carbonyl (C=O) groups excluding carboxylic acids is 2. The first-order valence-electron chi connectivity index (χ1n) is 23.2. The second-order valence-electron chi connectivity index (χ2n) is 17.8. The van der Waals surface area contributed by atoms with Crippen LogP contribution in [0.5, 0.6) is 0 Å². The summed E-state index contributed by atoms with van der Waals surface area (Å²) in [7, 11) is 0. The largest absolute Gasteiger partial charge is 0.451 e. The predicted octanol–water partition coefficient (Wildman–Crippen LogP) is 14.1. The van der Waals surface area contributed by atoms with Gasteiger partial charge in [0.15, 0.2) is 11.4 Å². The van der Waals surface area contributed by atoms with E-state index in [9.17, 15) is 9.59 Å². The molecular weight excluding hydrogens is 801 g/mol. The zero-order chi connectivity index (χ0) is 43.7. The van der Waals surface area contributed by atoms with Crippen LogP contribution in [0, 0.1) is 5.92 Å². The van der Waals surface area contributed by atoms with Crippen molar-refractivity contribution in [2.75, 3.05) is 0 Å². The number of hydrogen-bond acceptors (Lipinski definition) is 5. The Kier molecular flexibility index (Phi) is 10.8. The van der Waals surface area contributed by atoms with Crippen LogP contribution in [0.2, 0.25) is 0 Å². The Morgan fingerprint density at radius 1 is 0.477 bits per heavy atom. The monoisotopic (exact) mass is 850 g/mol. The van der Waals surface area contributed by atoms with Gasteiger partial charge in [0.2, 0.25) is 0 Å². The minimum atomic E-state index is -1.08. The van der Waals surface area contributed by atoms with E-state index in [0.717, 1.165) is 121 Å². The maximum atomic E-state index is 13.8. The highest BCUT2D eigenvalue weighted by Gasteiger charge is 2.44. The van der Waals surface area contributed by atoms with Crippen molar-refractivity contribution in [3.8, 4) is 44.5 Å².